The van der Waals surface area contributed by atoms with Crippen molar-refractivity contribution in [3.05, 3.63) is 29.8 Å². The molecule has 2 aliphatic rings. The van der Waals surface area contributed by atoms with Gasteiger partial charge in [0, 0.05) is 127 Å². The fourth-order valence-electron chi connectivity index (χ4n) is 10.6. The number of nitrogens with one attached hydrogen (secondary N) is 2. The van der Waals surface area contributed by atoms with Crippen molar-refractivity contribution in [3.8, 4) is 5.75 Å². The minimum absolute atomic E-state index is 0.00466. The van der Waals surface area contributed by atoms with Crippen molar-refractivity contribution in [2.24, 2.45) is 5.41 Å². The molecule has 2 heterocycles. The van der Waals surface area contributed by atoms with Crippen molar-refractivity contribution >= 4 is 76.9 Å². The Morgan fingerprint density at radius 2 is 0.971 bits per heavy atom. The van der Waals surface area contributed by atoms with Gasteiger partial charge in [0.05, 0.1) is 95.2 Å². The van der Waals surface area contributed by atoms with Gasteiger partial charge in [0.15, 0.2) is 0 Å². The predicted molar refractivity (Wildman–Crippen MR) is 394 cm³/mol. The molecular formula is C73H125N7O21S2. The third-order valence-electron chi connectivity index (χ3n) is 16.7. The summed E-state index contributed by atoms with van der Waals surface area (Å²) in [7, 11) is 12.1. The van der Waals surface area contributed by atoms with E-state index in [9.17, 15) is 43.2 Å². The number of esters is 1. The summed E-state index contributed by atoms with van der Waals surface area (Å²) >= 11 is 2.92. The number of amides is 8. The van der Waals surface area contributed by atoms with Crippen molar-refractivity contribution < 1.29 is 100.0 Å². The number of hydrogen-bond acceptors (Lipinski definition) is 24. The average molecular weight is 1500 g/mol. The van der Waals surface area contributed by atoms with Crippen molar-refractivity contribution in [3.63, 3.8) is 0 Å². The van der Waals surface area contributed by atoms with Crippen LogP contribution in [-0.4, -0.2) is 307 Å². The molecule has 0 bridgehead atoms. The molecule has 590 valence electrons. The molecule has 5 unspecified atom stereocenters. The number of unbranched alkanes of at least 4 members (excludes halogenated alkanes) is 6. The Labute approximate surface area is 621 Å². The number of carbonyl (C=O) groups excluding carboxylic acids is 9. The highest BCUT2D eigenvalue weighted by Crippen LogP contribution is 2.31. The molecule has 1 aromatic rings. The van der Waals surface area contributed by atoms with E-state index in [1.807, 2.05) is 19.0 Å². The molecule has 2 N–H and O–H groups in total. The van der Waals surface area contributed by atoms with Gasteiger partial charge in [-0.05, 0) is 128 Å². The molecule has 1 aromatic carbocycles. The first-order valence-electron chi connectivity index (χ1n) is 36.7. The molecule has 28 nitrogen and oxygen atoms in total. The number of imide groups is 2. The van der Waals surface area contributed by atoms with Crippen molar-refractivity contribution in [2.45, 2.75) is 165 Å². The summed E-state index contributed by atoms with van der Waals surface area (Å²) in [6, 6.07) is 6.92. The average Bonchev–Trinajstić information content (AvgIpc) is 1.80. The van der Waals surface area contributed by atoms with Crippen LogP contribution in [0.25, 0.3) is 0 Å². The zero-order chi connectivity index (χ0) is 75.5. The van der Waals surface area contributed by atoms with E-state index in [0.29, 0.717) is 174 Å². The Hall–Kier alpha value is -5.09. The third kappa shape index (κ3) is 41.6. The van der Waals surface area contributed by atoms with Crippen LogP contribution in [0.5, 0.6) is 5.75 Å². The number of carbonyl (C=O) groups is 9. The van der Waals surface area contributed by atoms with E-state index in [-0.39, 0.29) is 105 Å². The Kier molecular flexibility index (Phi) is 50.3. The second-order valence-electron chi connectivity index (χ2n) is 26.8. The van der Waals surface area contributed by atoms with Crippen LogP contribution in [0.3, 0.4) is 0 Å². The van der Waals surface area contributed by atoms with Gasteiger partial charge in [-0.25, -0.2) is 4.79 Å². The molecule has 0 aromatic heterocycles. The van der Waals surface area contributed by atoms with Gasteiger partial charge >= 0.3 is 12.1 Å². The van der Waals surface area contributed by atoms with Crippen LogP contribution in [0.1, 0.15) is 148 Å². The summed E-state index contributed by atoms with van der Waals surface area (Å²) < 4.78 is 66.2. The van der Waals surface area contributed by atoms with Crippen LogP contribution >= 0.6 is 23.5 Å². The largest absolute Gasteiger partial charge is 0.457 e. The van der Waals surface area contributed by atoms with Crippen LogP contribution < -0.4 is 15.4 Å². The number of likely N-dealkylation sites (tertiary alicyclic amines) is 2. The van der Waals surface area contributed by atoms with Gasteiger partial charge in [-0.2, -0.15) is 0 Å². The summed E-state index contributed by atoms with van der Waals surface area (Å²) in [5, 5.41) is 4.69. The molecule has 5 atom stereocenters. The molecule has 3 rings (SSSR count). The van der Waals surface area contributed by atoms with Crippen molar-refractivity contribution in [2.75, 3.05) is 206 Å². The van der Waals surface area contributed by atoms with E-state index in [1.54, 1.807) is 80.5 Å². The van der Waals surface area contributed by atoms with Crippen molar-refractivity contribution in [1.82, 2.24) is 35.1 Å². The number of hydrogen-bond donors (Lipinski definition) is 2. The lowest BCUT2D eigenvalue weighted by atomic mass is 9.96. The standard InChI is InChI=1S/C73H125N7O21S2/c1-73(2,3)71(88)101-61(57-25-27-58(28-26-57)100-72(89)77(6)34-22-33-76(4)5)23-19-24-66(83)78(35-15-11-13-17-49-102-62-51-67(84)79(69(62)86)37-29-64(81)74-31-20-39-94-53-59(98-47-43-92-9)55-96-45-41-90-7)36-16-12-14-18-50-103-63-52-68(85)80(70(63)87)38-30-65(82)75-32-21-40-95-54-60(99-48-44-93-10)56-97-46-42-91-8/h25-28,59-63H,11-24,29-56H2,1-10H3,(H,74,81)(H,75,82). The zero-order valence-corrected chi connectivity index (χ0v) is 65.2. The number of benzene rings is 1. The first kappa shape index (κ1) is 92.1. The highest BCUT2D eigenvalue weighted by molar-refractivity contribution is 8.00. The van der Waals surface area contributed by atoms with E-state index in [4.69, 9.17) is 56.8 Å². The Morgan fingerprint density at radius 3 is 1.42 bits per heavy atom. The minimum atomic E-state index is -0.779. The molecule has 0 radical (unpaired) electrons. The summed E-state index contributed by atoms with van der Waals surface area (Å²) in [6.07, 6.45) is 8.01. The molecule has 0 spiro atoms. The Bertz CT molecular complexity index is 2450. The topological polar surface area (TPSA) is 305 Å². The van der Waals surface area contributed by atoms with Gasteiger partial charge in [0.1, 0.15) is 24.1 Å². The lowest BCUT2D eigenvalue weighted by molar-refractivity contribution is -0.159. The normalized spacial score (nSPS) is 15.7. The molecule has 2 fully saturated rings. The van der Waals surface area contributed by atoms with E-state index in [1.165, 1.54) is 38.2 Å². The first-order valence-corrected chi connectivity index (χ1v) is 38.8. The molecule has 103 heavy (non-hydrogen) atoms. The number of rotatable bonds is 63. The lowest BCUT2D eigenvalue weighted by Gasteiger charge is -2.25. The summed E-state index contributed by atoms with van der Waals surface area (Å²) in [5.41, 5.74) is -0.0674. The molecule has 30 heteroatoms. The van der Waals surface area contributed by atoms with Crippen LogP contribution in [0, 0.1) is 5.41 Å². The molecule has 0 aliphatic carbocycles. The maximum atomic E-state index is 14.2. The fourth-order valence-corrected chi connectivity index (χ4v) is 13.0. The van der Waals surface area contributed by atoms with Gasteiger partial charge in [-0.3, -0.25) is 48.2 Å². The predicted octanol–water partition coefficient (Wildman–Crippen LogP) is 6.76. The van der Waals surface area contributed by atoms with Crippen LogP contribution in [-0.2, 0) is 90.5 Å². The molecular weight excluding hydrogens is 1370 g/mol. The fraction of sp³-hybridized carbons (Fsp3) is 0.795. The highest BCUT2D eigenvalue weighted by Gasteiger charge is 2.40. The lowest BCUT2D eigenvalue weighted by Crippen LogP contribution is -2.36. The van der Waals surface area contributed by atoms with Crippen LogP contribution in [0.4, 0.5) is 4.79 Å². The molecule has 0 saturated carbocycles. The van der Waals surface area contributed by atoms with E-state index >= 15 is 0 Å². The zero-order valence-electron chi connectivity index (χ0n) is 63.5. The SMILES string of the molecule is COCCOCC(COCCCNC(=O)CCN1C(=O)CC(SCCCCCCN(CCCCCCSC2CC(=O)N(CCC(=O)NCCCOCC(COCCOC)OCCOC)C2=O)C(=O)CCCC(OC(=O)C(C)(C)C)c2ccc(OC(=O)N(C)CCCN(C)C)cc2)C1=O)OCCOC. The monoisotopic (exact) mass is 1500 g/mol. The number of methoxy groups -OCH3 is 4. The van der Waals surface area contributed by atoms with Crippen LogP contribution in [0.15, 0.2) is 24.3 Å². The number of thioether (sulfide) groups is 2. The minimum Gasteiger partial charge on any atom is -0.457 e. The number of nitrogens with zero attached hydrogens (tertiary/aromatic N) is 5. The van der Waals surface area contributed by atoms with Gasteiger partial charge in [0.2, 0.25) is 41.4 Å². The third-order valence-corrected chi connectivity index (χ3v) is 19.3. The Morgan fingerprint density at radius 1 is 0.524 bits per heavy atom. The molecule has 2 aliphatic heterocycles. The van der Waals surface area contributed by atoms with Gasteiger partial charge < -0.3 is 82.2 Å². The maximum Gasteiger partial charge on any atom is 0.414 e. The van der Waals surface area contributed by atoms with Crippen LogP contribution in [0.2, 0.25) is 0 Å². The van der Waals surface area contributed by atoms with Gasteiger partial charge in [-0.1, -0.05) is 37.8 Å². The second kappa shape index (κ2) is 56.2. The second-order valence-corrected chi connectivity index (χ2v) is 29.4. The molecule has 8 amide bonds. The summed E-state index contributed by atoms with van der Waals surface area (Å²) in [6.45, 7) is 14.2. The summed E-state index contributed by atoms with van der Waals surface area (Å²) in [4.78, 5) is 126. The molecule has 2 saturated heterocycles. The van der Waals surface area contributed by atoms with Crippen molar-refractivity contribution in [1.29, 1.82) is 0 Å². The summed E-state index contributed by atoms with van der Waals surface area (Å²) in [5.74, 6) is -0.308. The van der Waals surface area contributed by atoms with E-state index in [2.05, 4.69) is 15.5 Å². The van der Waals surface area contributed by atoms with E-state index in [0.717, 1.165) is 64.3 Å². The van der Waals surface area contributed by atoms with E-state index < -0.39 is 28.1 Å². The number of ether oxygens (including phenoxy) is 12. The van der Waals surface area contributed by atoms with Gasteiger partial charge in [0.25, 0.3) is 0 Å². The first-order chi connectivity index (χ1) is 49.6. The quantitative estimate of drug-likeness (QED) is 0.0387. The smallest absolute Gasteiger partial charge is 0.414 e. The Balaban J connectivity index is 1.49. The highest BCUT2D eigenvalue weighted by atomic mass is 32.2. The maximum absolute atomic E-state index is 14.2. The van der Waals surface area contributed by atoms with Gasteiger partial charge in [-0.15, -0.1) is 23.5 Å².